The number of carbonyl (C=O) groups excluding carboxylic acids is 4. The van der Waals surface area contributed by atoms with Crippen molar-refractivity contribution in [3.63, 3.8) is 0 Å². The number of aliphatic hydroxyl groups is 1. The van der Waals surface area contributed by atoms with Crippen molar-refractivity contribution in [2.45, 2.75) is 459 Å². The lowest BCUT2D eigenvalue weighted by atomic mass is 9.99. The monoisotopic (exact) mass is 1520 g/mol. The zero-order valence-corrected chi connectivity index (χ0v) is 70.5. The van der Waals surface area contributed by atoms with Gasteiger partial charge in [0.15, 0.2) is 12.2 Å². The van der Waals surface area contributed by atoms with Gasteiger partial charge in [-0.1, -0.05) is 389 Å². The summed E-state index contributed by atoms with van der Waals surface area (Å²) in [6, 6.07) is 0. The molecule has 104 heavy (non-hydrogen) atoms. The van der Waals surface area contributed by atoms with Gasteiger partial charge in [-0.3, -0.25) is 37.3 Å². The van der Waals surface area contributed by atoms with E-state index in [-0.39, 0.29) is 25.7 Å². The zero-order chi connectivity index (χ0) is 76.7. The first kappa shape index (κ1) is 102. The molecule has 0 radical (unpaired) electrons. The molecule has 0 heterocycles. The maximum Gasteiger partial charge on any atom is 0.472 e. The number of aliphatic hydroxyl groups excluding tert-OH is 1. The summed E-state index contributed by atoms with van der Waals surface area (Å²) in [4.78, 5) is 73.1. The second kappa shape index (κ2) is 73.8. The molecule has 0 aliphatic heterocycles. The van der Waals surface area contributed by atoms with E-state index in [9.17, 15) is 43.2 Å². The standard InChI is InChI=1S/C85H166O17P2/c1-9-77(7)63-55-47-38-32-28-24-20-16-12-14-18-22-26-30-34-41-51-59-67-84(89)101-80(71-95-82(87)65-57-49-40-33-29-25-21-17-13-11-15-19-23-27-31-37-45-53-61-75(3)4)73-99-103(91,92)97-69-79(86)70-98-104(93,94)100-74-81(72-96-83(88)66-58-50-44-43-46-54-62-76(5)6)102-85(90)68-60-52-42-36-35-39-48-56-64-78(8)10-2/h75-81,86H,9-74H2,1-8H3,(H,91,92)(H,93,94)/t77?,78?,79-,80-,81-/m1/s1. The van der Waals surface area contributed by atoms with Gasteiger partial charge >= 0.3 is 39.5 Å². The molecule has 4 unspecified atom stereocenters. The molecule has 0 fully saturated rings. The molecule has 0 spiro atoms. The second-order valence-electron chi connectivity index (χ2n) is 32.0. The van der Waals surface area contributed by atoms with Crippen LogP contribution >= 0.6 is 15.6 Å². The average Bonchev–Trinajstić information content (AvgIpc) is 0.909. The highest BCUT2D eigenvalue weighted by Crippen LogP contribution is 2.45. The van der Waals surface area contributed by atoms with E-state index >= 15 is 0 Å². The van der Waals surface area contributed by atoms with Gasteiger partial charge in [-0.25, -0.2) is 9.13 Å². The van der Waals surface area contributed by atoms with Crippen LogP contribution in [0.2, 0.25) is 0 Å². The van der Waals surface area contributed by atoms with Crippen LogP contribution < -0.4 is 0 Å². The van der Waals surface area contributed by atoms with Crippen LogP contribution in [-0.4, -0.2) is 96.7 Å². The summed E-state index contributed by atoms with van der Waals surface area (Å²) in [6.45, 7) is 14.3. The first-order chi connectivity index (χ1) is 50.2. The van der Waals surface area contributed by atoms with Crippen LogP contribution in [0.3, 0.4) is 0 Å². The molecular formula is C85H166O17P2. The molecule has 0 aromatic carbocycles. The highest BCUT2D eigenvalue weighted by molar-refractivity contribution is 7.47. The smallest absolute Gasteiger partial charge is 0.462 e. The molecule has 0 bridgehead atoms. The third kappa shape index (κ3) is 75.5. The Morgan fingerprint density at radius 1 is 0.269 bits per heavy atom. The summed E-state index contributed by atoms with van der Waals surface area (Å²) in [5, 5.41) is 10.7. The fraction of sp³-hybridized carbons (Fsp3) is 0.953. The number of phosphoric acid groups is 2. The van der Waals surface area contributed by atoms with E-state index in [1.807, 2.05) is 0 Å². The van der Waals surface area contributed by atoms with E-state index in [1.165, 1.54) is 238 Å². The Labute approximate surface area is 638 Å². The first-order valence-corrected chi connectivity index (χ1v) is 46.8. The van der Waals surface area contributed by atoms with Crippen LogP contribution in [0.1, 0.15) is 441 Å². The summed E-state index contributed by atoms with van der Waals surface area (Å²) < 4.78 is 68.8. The van der Waals surface area contributed by atoms with E-state index in [2.05, 4.69) is 55.4 Å². The average molecular weight is 1520 g/mol. The van der Waals surface area contributed by atoms with E-state index in [1.54, 1.807) is 0 Å². The lowest BCUT2D eigenvalue weighted by molar-refractivity contribution is -0.161. The highest BCUT2D eigenvalue weighted by Gasteiger charge is 2.30. The molecule has 0 saturated heterocycles. The summed E-state index contributed by atoms with van der Waals surface area (Å²) in [5.41, 5.74) is 0. The van der Waals surface area contributed by atoms with Gasteiger partial charge in [0.1, 0.15) is 19.3 Å². The van der Waals surface area contributed by atoms with Crippen LogP contribution in [0.5, 0.6) is 0 Å². The largest absolute Gasteiger partial charge is 0.472 e. The molecule has 0 amide bonds. The topological polar surface area (TPSA) is 237 Å². The maximum atomic E-state index is 13.1. The minimum atomic E-state index is -4.97. The molecule has 0 aliphatic rings. The highest BCUT2D eigenvalue weighted by atomic mass is 31.2. The minimum Gasteiger partial charge on any atom is -0.462 e. The number of hydrogen-bond donors (Lipinski definition) is 3. The number of ether oxygens (including phenoxy) is 4. The maximum absolute atomic E-state index is 13.1. The fourth-order valence-corrected chi connectivity index (χ4v) is 14.7. The number of esters is 4. The Morgan fingerprint density at radius 3 is 0.683 bits per heavy atom. The van der Waals surface area contributed by atoms with Crippen molar-refractivity contribution in [2.24, 2.45) is 23.7 Å². The van der Waals surface area contributed by atoms with Crippen LogP contribution in [-0.2, 0) is 65.4 Å². The summed E-state index contributed by atoms with van der Waals surface area (Å²) in [7, 11) is -9.92. The van der Waals surface area contributed by atoms with Crippen molar-refractivity contribution < 1.29 is 80.2 Å². The molecule has 17 nitrogen and oxygen atoms in total. The predicted octanol–water partition coefficient (Wildman–Crippen LogP) is 25.6. The third-order valence-corrected chi connectivity index (χ3v) is 22.4. The van der Waals surface area contributed by atoms with Gasteiger partial charge < -0.3 is 33.8 Å². The zero-order valence-electron chi connectivity index (χ0n) is 68.7. The van der Waals surface area contributed by atoms with Crippen LogP contribution in [0, 0.1) is 23.7 Å². The van der Waals surface area contributed by atoms with Crippen molar-refractivity contribution in [3.8, 4) is 0 Å². The van der Waals surface area contributed by atoms with Gasteiger partial charge in [0.05, 0.1) is 26.4 Å². The second-order valence-corrected chi connectivity index (χ2v) is 34.9. The Hall–Kier alpha value is -1.94. The normalized spacial score (nSPS) is 14.5. The Balaban J connectivity index is 5.19. The molecule has 0 saturated carbocycles. The minimum absolute atomic E-state index is 0.104. The van der Waals surface area contributed by atoms with E-state index < -0.39 is 97.5 Å². The summed E-state index contributed by atoms with van der Waals surface area (Å²) in [5.74, 6) is 1.03. The SMILES string of the molecule is CCC(C)CCCCCCCCCCCCCCCCCCCCC(=O)O[C@H](COC(=O)CCCCCCCCCCCCCCCCCCCCC(C)C)COP(=O)(O)OC[C@@H](O)COP(=O)(O)OC[C@@H](COC(=O)CCCCCCCCC(C)C)OC(=O)CCCCCCCCCCC(C)CC. The van der Waals surface area contributed by atoms with Crippen molar-refractivity contribution >= 4 is 39.5 Å². The Morgan fingerprint density at radius 2 is 0.462 bits per heavy atom. The van der Waals surface area contributed by atoms with Gasteiger partial charge in [0.2, 0.25) is 0 Å². The molecule has 0 aromatic heterocycles. The summed E-state index contributed by atoms with van der Waals surface area (Å²) in [6.07, 6.45) is 62.8. The van der Waals surface area contributed by atoms with E-state index in [0.29, 0.717) is 31.6 Å². The van der Waals surface area contributed by atoms with Gasteiger partial charge in [-0.15, -0.1) is 0 Å². The number of phosphoric ester groups is 2. The van der Waals surface area contributed by atoms with Crippen LogP contribution in [0.4, 0.5) is 0 Å². The van der Waals surface area contributed by atoms with Crippen molar-refractivity contribution in [1.82, 2.24) is 0 Å². The molecular weight excluding hydrogens is 1350 g/mol. The number of rotatable bonds is 82. The predicted molar refractivity (Wildman–Crippen MR) is 428 cm³/mol. The van der Waals surface area contributed by atoms with E-state index in [0.717, 1.165) is 114 Å². The summed E-state index contributed by atoms with van der Waals surface area (Å²) >= 11 is 0. The number of hydrogen-bond acceptors (Lipinski definition) is 15. The van der Waals surface area contributed by atoms with Crippen molar-refractivity contribution in [2.75, 3.05) is 39.6 Å². The molecule has 618 valence electrons. The van der Waals surface area contributed by atoms with E-state index in [4.69, 9.17) is 37.0 Å². The molecule has 3 N–H and O–H groups in total. The first-order valence-electron chi connectivity index (χ1n) is 43.8. The third-order valence-electron chi connectivity index (χ3n) is 20.5. The van der Waals surface area contributed by atoms with Crippen molar-refractivity contribution in [1.29, 1.82) is 0 Å². The number of carbonyl (C=O) groups is 4. The quantitative estimate of drug-likeness (QED) is 0.0222. The fourth-order valence-electron chi connectivity index (χ4n) is 13.1. The van der Waals surface area contributed by atoms with Gasteiger partial charge in [-0.05, 0) is 49.4 Å². The lowest BCUT2D eigenvalue weighted by Crippen LogP contribution is -2.30. The van der Waals surface area contributed by atoms with Crippen LogP contribution in [0.15, 0.2) is 0 Å². The van der Waals surface area contributed by atoms with Crippen LogP contribution in [0.25, 0.3) is 0 Å². The molecule has 0 rings (SSSR count). The Bertz CT molecular complexity index is 2030. The number of unbranched alkanes of at least 4 members (excludes halogenated alkanes) is 46. The molecule has 0 aliphatic carbocycles. The van der Waals surface area contributed by atoms with Crippen molar-refractivity contribution in [3.05, 3.63) is 0 Å². The molecule has 7 atom stereocenters. The lowest BCUT2D eigenvalue weighted by Gasteiger charge is -2.21. The molecule has 0 aromatic rings. The molecule has 19 heteroatoms. The Kier molecular flexibility index (Phi) is 72.5. The van der Waals surface area contributed by atoms with Gasteiger partial charge in [0.25, 0.3) is 0 Å². The van der Waals surface area contributed by atoms with Gasteiger partial charge in [-0.2, -0.15) is 0 Å². The van der Waals surface area contributed by atoms with Gasteiger partial charge in [0, 0.05) is 25.7 Å².